The Kier molecular flexibility index (Phi) is 4.29. The van der Waals surface area contributed by atoms with Gasteiger partial charge in [-0.15, -0.1) is 0 Å². The highest BCUT2D eigenvalue weighted by Crippen LogP contribution is 2.25. The number of nitrogens with zero attached hydrogens (tertiary/aromatic N) is 2. The minimum Gasteiger partial charge on any atom is -0.436 e. The van der Waals surface area contributed by atoms with Crippen LogP contribution in [-0.4, -0.2) is 21.0 Å². The number of hydrogen-bond acceptors (Lipinski definition) is 5. The number of carbonyl (C=O) groups is 1. The lowest BCUT2D eigenvalue weighted by Crippen LogP contribution is -2.33. The maximum atomic E-state index is 11.3. The van der Waals surface area contributed by atoms with E-state index in [0.717, 1.165) is 11.3 Å². The summed E-state index contributed by atoms with van der Waals surface area (Å²) in [4.78, 5) is 19.8. The van der Waals surface area contributed by atoms with Crippen LogP contribution < -0.4 is 10.6 Å². The molecular formula is C16H14N4O2S. The van der Waals surface area contributed by atoms with E-state index in [1.807, 2.05) is 24.3 Å². The van der Waals surface area contributed by atoms with E-state index in [1.54, 1.807) is 25.4 Å². The molecule has 3 rings (SSSR count). The Hall–Kier alpha value is -2.80. The molecule has 2 heterocycles. The van der Waals surface area contributed by atoms with E-state index in [2.05, 4.69) is 20.6 Å². The molecule has 2 N–H and O–H groups in total. The number of hydrogen-bond donors (Lipinski definition) is 2. The highest BCUT2D eigenvalue weighted by atomic mass is 32.1. The smallest absolute Gasteiger partial charge is 0.227 e. The van der Waals surface area contributed by atoms with Gasteiger partial charge in [0.15, 0.2) is 10.7 Å². The van der Waals surface area contributed by atoms with E-state index in [4.69, 9.17) is 16.6 Å². The molecule has 1 amide bonds. The Bertz CT molecular complexity index is 861. The van der Waals surface area contributed by atoms with Crippen molar-refractivity contribution in [3.05, 3.63) is 42.7 Å². The number of fused-ring (bicyclic) bond motifs is 1. The lowest BCUT2D eigenvalue weighted by atomic mass is 10.3. The molecule has 0 radical (unpaired) electrons. The van der Waals surface area contributed by atoms with Crippen LogP contribution in [0.3, 0.4) is 0 Å². The predicted octanol–water partition coefficient (Wildman–Crippen LogP) is 3.11. The number of thiocarbonyl (C=S) groups is 1. The number of amides is 1. The summed E-state index contributed by atoms with van der Waals surface area (Å²) in [5.41, 5.74) is 2.96. The summed E-state index contributed by atoms with van der Waals surface area (Å²) < 4.78 is 5.73. The van der Waals surface area contributed by atoms with E-state index in [0.29, 0.717) is 23.4 Å². The maximum Gasteiger partial charge on any atom is 0.227 e. The van der Waals surface area contributed by atoms with Crippen molar-refractivity contribution in [2.45, 2.75) is 13.3 Å². The number of oxazole rings is 1. The van der Waals surface area contributed by atoms with Crippen LogP contribution in [0.5, 0.6) is 0 Å². The first kappa shape index (κ1) is 15.1. The second-order valence-corrected chi connectivity index (χ2v) is 5.20. The molecule has 0 fully saturated rings. The average molecular weight is 326 g/mol. The number of aromatic nitrogens is 2. The highest BCUT2D eigenvalue weighted by Gasteiger charge is 2.09. The van der Waals surface area contributed by atoms with Gasteiger partial charge in [-0.1, -0.05) is 6.92 Å². The van der Waals surface area contributed by atoms with Gasteiger partial charge in [-0.25, -0.2) is 4.98 Å². The second-order valence-electron chi connectivity index (χ2n) is 4.79. The molecule has 23 heavy (non-hydrogen) atoms. The number of carbonyl (C=O) groups excluding carboxylic acids is 1. The molecule has 0 spiro atoms. The first-order valence-electron chi connectivity index (χ1n) is 7.07. The van der Waals surface area contributed by atoms with E-state index in [1.165, 1.54) is 0 Å². The van der Waals surface area contributed by atoms with Crippen molar-refractivity contribution >= 4 is 40.0 Å². The van der Waals surface area contributed by atoms with Gasteiger partial charge in [0.05, 0.1) is 0 Å². The van der Waals surface area contributed by atoms with Crippen molar-refractivity contribution in [1.29, 1.82) is 0 Å². The standard InChI is InChI=1S/C16H14N4O2S/c1-2-14(21)20-16(23)18-11-3-4-13-12(9-11)19-15(22-13)10-5-7-17-8-6-10/h3-9H,2H2,1H3,(H2,18,20,21,23). The molecule has 0 atom stereocenters. The molecule has 0 bridgehead atoms. The molecular weight excluding hydrogens is 312 g/mol. The van der Waals surface area contributed by atoms with Crippen LogP contribution in [0.2, 0.25) is 0 Å². The molecule has 0 saturated carbocycles. The van der Waals surface area contributed by atoms with Gasteiger partial charge in [-0.05, 0) is 42.5 Å². The van der Waals surface area contributed by atoms with Gasteiger partial charge in [0.25, 0.3) is 0 Å². The van der Waals surface area contributed by atoms with E-state index < -0.39 is 0 Å². The Morgan fingerprint density at radius 2 is 2.04 bits per heavy atom. The summed E-state index contributed by atoms with van der Waals surface area (Å²) in [5, 5.41) is 5.80. The van der Waals surface area contributed by atoms with Crippen LogP contribution in [0.1, 0.15) is 13.3 Å². The summed E-state index contributed by atoms with van der Waals surface area (Å²) in [6.07, 6.45) is 3.75. The fourth-order valence-corrected chi connectivity index (χ4v) is 2.23. The van der Waals surface area contributed by atoms with Crippen molar-refractivity contribution in [3.63, 3.8) is 0 Å². The van der Waals surface area contributed by atoms with Gasteiger partial charge in [0, 0.05) is 30.1 Å². The SMILES string of the molecule is CCC(=O)NC(=S)Nc1ccc2oc(-c3ccncc3)nc2c1. The van der Waals surface area contributed by atoms with Gasteiger partial charge in [0.2, 0.25) is 11.8 Å². The van der Waals surface area contributed by atoms with Gasteiger partial charge >= 0.3 is 0 Å². The van der Waals surface area contributed by atoms with Crippen molar-refractivity contribution in [1.82, 2.24) is 15.3 Å². The quantitative estimate of drug-likeness (QED) is 0.720. The third kappa shape index (κ3) is 3.51. The van der Waals surface area contributed by atoms with Gasteiger partial charge < -0.3 is 15.1 Å². The minimum atomic E-state index is -0.134. The molecule has 0 aliphatic rings. The fourth-order valence-electron chi connectivity index (χ4n) is 2.00. The van der Waals surface area contributed by atoms with Crippen LogP contribution in [0, 0.1) is 0 Å². The Morgan fingerprint density at radius 3 is 2.78 bits per heavy atom. The largest absolute Gasteiger partial charge is 0.436 e. The van der Waals surface area contributed by atoms with Crippen LogP contribution >= 0.6 is 12.2 Å². The summed E-state index contributed by atoms with van der Waals surface area (Å²) in [7, 11) is 0. The summed E-state index contributed by atoms with van der Waals surface area (Å²) >= 11 is 5.09. The number of benzene rings is 1. The van der Waals surface area contributed by atoms with Crippen molar-refractivity contribution < 1.29 is 9.21 Å². The zero-order chi connectivity index (χ0) is 16.2. The zero-order valence-electron chi connectivity index (χ0n) is 12.4. The molecule has 1 aromatic carbocycles. The van der Waals surface area contributed by atoms with E-state index in [-0.39, 0.29) is 11.0 Å². The van der Waals surface area contributed by atoms with Gasteiger partial charge in [-0.2, -0.15) is 0 Å². The lowest BCUT2D eigenvalue weighted by molar-refractivity contribution is -0.119. The number of anilines is 1. The number of nitrogens with one attached hydrogen (secondary N) is 2. The molecule has 0 saturated heterocycles. The molecule has 0 aliphatic carbocycles. The number of pyridine rings is 1. The summed E-state index contributed by atoms with van der Waals surface area (Å²) in [6.45, 7) is 1.76. The van der Waals surface area contributed by atoms with Crippen LogP contribution in [0.4, 0.5) is 5.69 Å². The third-order valence-corrected chi connectivity index (χ3v) is 3.35. The summed E-state index contributed by atoms with van der Waals surface area (Å²) in [6, 6.07) is 9.10. The van der Waals surface area contributed by atoms with E-state index in [9.17, 15) is 4.79 Å². The molecule has 2 aromatic heterocycles. The van der Waals surface area contributed by atoms with Gasteiger partial charge in [-0.3, -0.25) is 9.78 Å². The topological polar surface area (TPSA) is 80.0 Å². The Morgan fingerprint density at radius 1 is 1.26 bits per heavy atom. The first-order valence-corrected chi connectivity index (χ1v) is 7.48. The molecule has 3 aromatic rings. The van der Waals surface area contributed by atoms with Crippen molar-refractivity contribution in [3.8, 4) is 11.5 Å². The normalized spacial score (nSPS) is 10.5. The predicted molar refractivity (Wildman–Crippen MR) is 91.9 cm³/mol. The molecule has 7 heteroatoms. The average Bonchev–Trinajstić information content (AvgIpc) is 2.98. The van der Waals surface area contributed by atoms with Crippen molar-refractivity contribution in [2.75, 3.05) is 5.32 Å². The summed E-state index contributed by atoms with van der Waals surface area (Å²) in [5.74, 6) is 0.395. The minimum absolute atomic E-state index is 0.134. The first-order chi connectivity index (χ1) is 11.2. The molecule has 0 aliphatic heterocycles. The van der Waals surface area contributed by atoms with Crippen LogP contribution in [-0.2, 0) is 4.79 Å². The number of rotatable bonds is 3. The van der Waals surface area contributed by atoms with E-state index >= 15 is 0 Å². The molecule has 0 unspecified atom stereocenters. The Labute approximate surface area is 137 Å². The third-order valence-electron chi connectivity index (χ3n) is 3.15. The Balaban J connectivity index is 1.82. The maximum absolute atomic E-state index is 11.3. The van der Waals surface area contributed by atoms with Crippen molar-refractivity contribution in [2.24, 2.45) is 0 Å². The highest BCUT2D eigenvalue weighted by molar-refractivity contribution is 7.80. The van der Waals surface area contributed by atoms with Crippen LogP contribution in [0.25, 0.3) is 22.6 Å². The van der Waals surface area contributed by atoms with Crippen LogP contribution in [0.15, 0.2) is 47.1 Å². The second kappa shape index (κ2) is 6.53. The molecule has 116 valence electrons. The molecule has 6 nitrogen and oxygen atoms in total. The zero-order valence-corrected chi connectivity index (χ0v) is 13.2. The fraction of sp³-hybridized carbons (Fsp3) is 0.125. The monoisotopic (exact) mass is 326 g/mol. The lowest BCUT2D eigenvalue weighted by Gasteiger charge is -2.08. The van der Waals surface area contributed by atoms with Gasteiger partial charge in [0.1, 0.15) is 5.52 Å².